The first-order valence-electron chi connectivity index (χ1n) is 10.6. The lowest BCUT2D eigenvalue weighted by Crippen LogP contribution is -2.49. The Kier molecular flexibility index (Phi) is 9.93. The number of hydrogen-bond donors (Lipinski definition) is 2. The zero-order valence-corrected chi connectivity index (χ0v) is 20.7. The molecule has 2 heterocycles. The molecule has 31 heavy (non-hydrogen) atoms. The van der Waals surface area contributed by atoms with Gasteiger partial charge in [-0.15, -0.1) is 24.0 Å². The molecular weight excluding hydrogens is 511 g/mol. The molecule has 1 atom stereocenters. The smallest absolute Gasteiger partial charge is 0.191 e. The molecule has 1 aliphatic rings. The lowest BCUT2D eigenvalue weighted by molar-refractivity contribution is 0.459. The monoisotopic (exact) mass is 543 g/mol. The van der Waals surface area contributed by atoms with Gasteiger partial charge in [0.15, 0.2) is 5.96 Å². The minimum atomic E-state index is -0.561. The van der Waals surface area contributed by atoms with Crippen molar-refractivity contribution in [2.75, 3.05) is 31.1 Å². The van der Waals surface area contributed by atoms with E-state index in [0.717, 1.165) is 56.0 Å². The van der Waals surface area contributed by atoms with Crippen molar-refractivity contribution >= 4 is 35.8 Å². The largest absolute Gasteiger partial charge is 0.357 e. The van der Waals surface area contributed by atoms with Crippen LogP contribution in [-0.4, -0.2) is 43.2 Å². The number of hydrogen-bond acceptors (Lipinski definition) is 3. The molecule has 2 aromatic rings. The first-order valence-corrected chi connectivity index (χ1v) is 10.6. The van der Waals surface area contributed by atoms with Gasteiger partial charge in [-0.1, -0.05) is 19.1 Å². The van der Waals surface area contributed by atoms with Crippen LogP contribution in [0.5, 0.6) is 0 Å². The zero-order chi connectivity index (χ0) is 21.5. The number of aliphatic imine (C=N–C) groups is 1. The molecule has 0 radical (unpaired) electrons. The predicted octanol–water partition coefficient (Wildman–Crippen LogP) is 4.61. The van der Waals surface area contributed by atoms with Crippen molar-refractivity contribution in [1.29, 1.82) is 0 Å². The van der Waals surface area contributed by atoms with Crippen molar-refractivity contribution in [3.63, 3.8) is 0 Å². The summed E-state index contributed by atoms with van der Waals surface area (Å²) in [4.78, 5) is 11.6. The summed E-state index contributed by atoms with van der Waals surface area (Å²) < 4.78 is 27.2. The Labute approximate surface area is 200 Å². The molecule has 8 heteroatoms. The van der Waals surface area contributed by atoms with Crippen LogP contribution < -0.4 is 15.5 Å². The Morgan fingerprint density at radius 1 is 1.23 bits per heavy atom. The SMILES string of the molecule is CCNC(=NCC(C)c1ccc(F)cc1F)NC1CCN(c2cccc(C)n2)CC1.I. The van der Waals surface area contributed by atoms with Crippen molar-refractivity contribution < 1.29 is 8.78 Å². The first-order chi connectivity index (χ1) is 14.5. The van der Waals surface area contributed by atoms with E-state index in [0.29, 0.717) is 18.2 Å². The average molecular weight is 543 g/mol. The van der Waals surface area contributed by atoms with E-state index in [9.17, 15) is 8.78 Å². The summed E-state index contributed by atoms with van der Waals surface area (Å²) in [7, 11) is 0. The minimum Gasteiger partial charge on any atom is -0.357 e. The summed E-state index contributed by atoms with van der Waals surface area (Å²) in [5.41, 5.74) is 1.51. The predicted molar refractivity (Wildman–Crippen MR) is 134 cm³/mol. The van der Waals surface area contributed by atoms with Gasteiger partial charge in [-0.3, -0.25) is 4.99 Å². The number of aryl methyl sites for hydroxylation is 1. The molecule has 0 saturated carbocycles. The van der Waals surface area contributed by atoms with E-state index in [1.165, 1.54) is 12.1 Å². The van der Waals surface area contributed by atoms with Crippen LogP contribution in [0.3, 0.4) is 0 Å². The fourth-order valence-corrected chi connectivity index (χ4v) is 3.70. The Morgan fingerprint density at radius 2 is 1.97 bits per heavy atom. The van der Waals surface area contributed by atoms with E-state index in [1.807, 2.05) is 32.9 Å². The Hall–Kier alpha value is -1.97. The number of guanidine groups is 1. The molecule has 0 aliphatic carbocycles. The first kappa shape index (κ1) is 25.3. The highest BCUT2D eigenvalue weighted by Crippen LogP contribution is 2.21. The molecule has 0 amide bonds. The lowest BCUT2D eigenvalue weighted by Gasteiger charge is -2.34. The van der Waals surface area contributed by atoms with Crippen molar-refractivity contribution in [1.82, 2.24) is 15.6 Å². The van der Waals surface area contributed by atoms with Crippen molar-refractivity contribution in [2.24, 2.45) is 4.99 Å². The van der Waals surface area contributed by atoms with E-state index in [-0.39, 0.29) is 29.9 Å². The molecule has 0 spiro atoms. The number of benzene rings is 1. The summed E-state index contributed by atoms with van der Waals surface area (Å²) >= 11 is 0. The van der Waals surface area contributed by atoms with Gasteiger partial charge in [-0.05, 0) is 50.5 Å². The van der Waals surface area contributed by atoms with Gasteiger partial charge in [0, 0.05) is 49.9 Å². The number of piperidine rings is 1. The van der Waals surface area contributed by atoms with Crippen LogP contribution in [0.4, 0.5) is 14.6 Å². The molecule has 1 aromatic heterocycles. The number of rotatable bonds is 6. The summed E-state index contributed by atoms with van der Waals surface area (Å²) in [5, 5.41) is 6.78. The van der Waals surface area contributed by atoms with Gasteiger partial charge in [-0.2, -0.15) is 0 Å². The molecule has 1 saturated heterocycles. The van der Waals surface area contributed by atoms with Gasteiger partial charge in [0.2, 0.25) is 0 Å². The van der Waals surface area contributed by atoms with E-state index in [1.54, 1.807) is 0 Å². The van der Waals surface area contributed by atoms with Crippen LogP contribution in [0.25, 0.3) is 0 Å². The van der Waals surface area contributed by atoms with Crippen LogP contribution in [0.1, 0.15) is 43.9 Å². The van der Waals surface area contributed by atoms with Crippen LogP contribution in [-0.2, 0) is 0 Å². The van der Waals surface area contributed by atoms with Gasteiger partial charge in [-0.25, -0.2) is 13.8 Å². The molecule has 1 aromatic carbocycles. The van der Waals surface area contributed by atoms with E-state index < -0.39 is 11.6 Å². The topological polar surface area (TPSA) is 52.6 Å². The van der Waals surface area contributed by atoms with Crippen LogP contribution >= 0.6 is 24.0 Å². The molecule has 170 valence electrons. The Balaban J connectivity index is 0.00000341. The molecule has 1 unspecified atom stereocenters. The number of aromatic nitrogens is 1. The van der Waals surface area contributed by atoms with Gasteiger partial charge in [0.1, 0.15) is 17.5 Å². The molecule has 2 N–H and O–H groups in total. The number of nitrogens with zero attached hydrogens (tertiary/aromatic N) is 3. The highest BCUT2D eigenvalue weighted by Gasteiger charge is 2.21. The van der Waals surface area contributed by atoms with Crippen molar-refractivity contribution in [3.8, 4) is 0 Å². The summed E-state index contributed by atoms with van der Waals surface area (Å²) in [6, 6.07) is 10.2. The van der Waals surface area contributed by atoms with E-state index in [4.69, 9.17) is 0 Å². The van der Waals surface area contributed by atoms with Gasteiger partial charge in [0.05, 0.1) is 0 Å². The molecular formula is C23H32F2IN5. The lowest BCUT2D eigenvalue weighted by atomic mass is 10.0. The number of pyridine rings is 1. The molecule has 1 aliphatic heterocycles. The minimum absolute atomic E-state index is 0. The molecule has 3 rings (SSSR count). The number of halogens is 3. The third-order valence-corrected chi connectivity index (χ3v) is 5.39. The van der Waals surface area contributed by atoms with Crippen LogP contribution in [0, 0.1) is 18.6 Å². The highest BCUT2D eigenvalue weighted by atomic mass is 127. The maximum absolute atomic E-state index is 14.0. The van der Waals surface area contributed by atoms with Crippen molar-refractivity contribution in [3.05, 3.63) is 59.3 Å². The maximum Gasteiger partial charge on any atom is 0.191 e. The van der Waals surface area contributed by atoms with Crippen molar-refractivity contribution in [2.45, 2.75) is 45.6 Å². The Morgan fingerprint density at radius 3 is 2.61 bits per heavy atom. The highest BCUT2D eigenvalue weighted by molar-refractivity contribution is 14.0. The normalized spacial score (nSPS) is 15.9. The Bertz CT molecular complexity index is 869. The molecule has 5 nitrogen and oxygen atoms in total. The third-order valence-electron chi connectivity index (χ3n) is 5.39. The third kappa shape index (κ3) is 7.29. The summed E-state index contributed by atoms with van der Waals surface area (Å²) in [5.74, 6) is 0.542. The molecule has 1 fully saturated rings. The van der Waals surface area contributed by atoms with Gasteiger partial charge in [0.25, 0.3) is 0 Å². The van der Waals surface area contributed by atoms with Crippen LogP contribution in [0.15, 0.2) is 41.4 Å². The summed E-state index contributed by atoms with van der Waals surface area (Å²) in [6.07, 6.45) is 1.98. The van der Waals surface area contributed by atoms with Crippen LogP contribution in [0.2, 0.25) is 0 Å². The van der Waals surface area contributed by atoms with Gasteiger partial charge < -0.3 is 15.5 Å². The quantitative estimate of drug-likeness (QED) is 0.318. The number of nitrogens with one attached hydrogen (secondary N) is 2. The average Bonchev–Trinajstić information content (AvgIpc) is 2.72. The fraction of sp³-hybridized carbons (Fsp3) is 0.478. The van der Waals surface area contributed by atoms with E-state index in [2.05, 4.69) is 31.6 Å². The zero-order valence-electron chi connectivity index (χ0n) is 18.4. The maximum atomic E-state index is 14.0. The second-order valence-corrected chi connectivity index (χ2v) is 7.83. The second kappa shape index (κ2) is 12.2. The number of anilines is 1. The second-order valence-electron chi connectivity index (χ2n) is 7.83. The summed E-state index contributed by atoms with van der Waals surface area (Å²) in [6.45, 7) is 8.97. The fourth-order valence-electron chi connectivity index (χ4n) is 3.70. The molecule has 0 bridgehead atoms. The van der Waals surface area contributed by atoms with E-state index >= 15 is 0 Å². The van der Waals surface area contributed by atoms with Gasteiger partial charge >= 0.3 is 0 Å². The standard InChI is InChI=1S/C23H31F2N5.HI/c1-4-26-23(27-15-16(2)20-9-8-18(24)14-21(20)25)29-19-10-12-30(13-11-19)22-7-5-6-17(3)28-22;/h5-9,14,16,19H,4,10-13,15H2,1-3H3,(H2,26,27,29);1H.